The van der Waals surface area contributed by atoms with Gasteiger partial charge in [-0.25, -0.2) is 0 Å². The Labute approximate surface area is 159 Å². The summed E-state index contributed by atoms with van der Waals surface area (Å²) in [5.74, 6) is 1.57. The molecule has 0 aliphatic carbocycles. The average Bonchev–Trinajstić information content (AvgIpc) is 3.12. The van der Waals surface area contributed by atoms with Crippen LogP contribution in [0.15, 0.2) is 4.99 Å². The van der Waals surface area contributed by atoms with E-state index in [4.69, 9.17) is 14.5 Å². The van der Waals surface area contributed by atoms with Crippen LogP contribution < -0.4 is 10.6 Å². The number of nitrogens with zero attached hydrogens (tertiary/aromatic N) is 2. The predicted molar refractivity (Wildman–Crippen MR) is 106 cm³/mol. The maximum atomic E-state index is 5.78. The van der Waals surface area contributed by atoms with Crippen LogP contribution in [0.25, 0.3) is 0 Å². The highest BCUT2D eigenvalue weighted by Crippen LogP contribution is 2.32. The van der Waals surface area contributed by atoms with Crippen LogP contribution in [0.2, 0.25) is 0 Å². The summed E-state index contributed by atoms with van der Waals surface area (Å²) in [5, 5.41) is 7.11. The normalized spacial score (nSPS) is 32.6. The molecule has 0 saturated carbocycles. The van der Waals surface area contributed by atoms with Crippen LogP contribution >= 0.6 is 0 Å². The molecule has 150 valence electrons. The highest BCUT2D eigenvalue weighted by molar-refractivity contribution is 5.80. The van der Waals surface area contributed by atoms with Gasteiger partial charge in [0.1, 0.15) is 0 Å². The lowest BCUT2D eigenvalue weighted by Crippen LogP contribution is -2.56. The molecule has 0 aromatic heterocycles. The first kappa shape index (κ1) is 19.9. The smallest absolute Gasteiger partial charge is 0.191 e. The van der Waals surface area contributed by atoms with Crippen molar-refractivity contribution in [2.24, 2.45) is 10.9 Å². The minimum atomic E-state index is 0.554. The molecule has 3 rings (SSSR count). The Morgan fingerprint density at radius 2 is 2.04 bits per heavy atom. The van der Waals surface area contributed by atoms with Crippen LogP contribution in [0.5, 0.6) is 0 Å². The molecule has 3 aliphatic heterocycles. The van der Waals surface area contributed by atoms with E-state index in [0.717, 1.165) is 70.4 Å². The number of piperidine rings is 2. The molecule has 3 saturated heterocycles. The zero-order valence-electron chi connectivity index (χ0n) is 16.7. The van der Waals surface area contributed by atoms with Gasteiger partial charge in [-0.3, -0.25) is 4.99 Å². The molecule has 3 heterocycles. The highest BCUT2D eigenvalue weighted by atomic mass is 16.5. The van der Waals surface area contributed by atoms with E-state index in [1.54, 1.807) is 0 Å². The summed E-state index contributed by atoms with van der Waals surface area (Å²) in [6.45, 7) is 7.24. The number of hydrogen-bond donors (Lipinski definition) is 2. The molecule has 3 unspecified atom stereocenters. The summed E-state index contributed by atoms with van der Waals surface area (Å²) >= 11 is 0. The van der Waals surface area contributed by atoms with E-state index in [2.05, 4.69) is 29.5 Å². The van der Waals surface area contributed by atoms with Gasteiger partial charge >= 0.3 is 0 Å². The summed E-state index contributed by atoms with van der Waals surface area (Å²) in [6, 6.07) is 2.05. The van der Waals surface area contributed by atoms with Gasteiger partial charge in [-0.15, -0.1) is 0 Å². The van der Waals surface area contributed by atoms with Crippen molar-refractivity contribution in [1.29, 1.82) is 0 Å². The quantitative estimate of drug-likeness (QED) is 0.391. The average molecular weight is 367 g/mol. The Morgan fingerprint density at radius 1 is 1.23 bits per heavy atom. The number of nitrogens with one attached hydrogen (secondary N) is 2. The van der Waals surface area contributed by atoms with Crippen LogP contribution in [-0.4, -0.2) is 75.5 Å². The van der Waals surface area contributed by atoms with E-state index in [1.165, 1.54) is 32.1 Å². The van der Waals surface area contributed by atoms with Crippen molar-refractivity contribution in [2.75, 3.05) is 46.6 Å². The van der Waals surface area contributed by atoms with Gasteiger partial charge in [-0.05, 0) is 52.5 Å². The summed E-state index contributed by atoms with van der Waals surface area (Å²) in [7, 11) is 2.31. The van der Waals surface area contributed by atoms with Crippen LogP contribution in [0.3, 0.4) is 0 Å². The lowest BCUT2D eigenvalue weighted by molar-refractivity contribution is 0.0526. The van der Waals surface area contributed by atoms with Gasteiger partial charge in [-0.1, -0.05) is 6.42 Å². The van der Waals surface area contributed by atoms with Crippen molar-refractivity contribution in [3.05, 3.63) is 0 Å². The summed E-state index contributed by atoms with van der Waals surface area (Å²) < 4.78 is 11.2. The Morgan fingerprint density at radius 3 is 2.73 bits per heavy atom. The molecule has 3 atom stereocenters. The van der Waals surface area contributed by atoms with E-state index < -0.39 is 0 Å². The molecule has 2 bridgehead atoms. The summed E-state index contributed by atoms with van der Waals surface area (Å²) in [4.78, 5) is 7.38. The third-order valence-electron chi connectivity index (χ3n) is 6.12. The lowest BCUT2D eigenvalue weighted by Gasteiger charge is -2.47. The van der Waals surface area contributed by atoms with E-state index >= 15 is 0 Å². The molecule has 0 aromatic carbocycles. The second kappa shape index (κ2) is 10.5. The first-order chi connectivity index (χ1) is 12.8. The Hall–Kier alpha value is -0.850. The fourth-order valence-electron chi connectivity index (χ4n) is 4.57. The van der Waals surface area contributed by atoms with Gasteiger partial charge in [-0.2, -0.15) is 0 Å². The Balaban J connectivity index is 1.36. The van der Waals surface area contributed by atoms with Crippen molar-refractivity contribution in [2.45, 2.75) is 70.0 Å². The molecule has 3 aliphatic rings. The maximum absolute atomic E-state index is 5.78. The number of ether oxygens (including phenoxy) is 2. The molecule has 26 heavy (non-hydrogen) atoms. The van der Waals surface area contributed by atoms with Crippen molar-refractivity contribution in [3.63, 3.8) is 0 Å². The molecule has 0 aromatic rings. The first-order valence-corrected chi connectivity index (χ1v) is 10.7. The summed E-state index contributed by atoms with van der Waals surface area (Å²) in [5.41, 5.74) is 0. The van der Waals surface area contributed by atoms with Crippen molar-refractivity contribution in [1.82, 2.24) is 15.5 Å². The number of hydrogen-bond acceptors (Lipinski definition) is 4. The van der Waals surface area contributed by atoms with Crippen LogP contribution in [0.1, 0.15) is 51.9 Å². The van der Waals surface area contributed by atoms with E-state index in [9.17, 15) is 0 Å². The Kier molecular flexibility index (Phi) is 8.02. The van der Waals surface area contributed by atoms with Crippen LogP contribution in [0, 0.1) is 5.92 Å². The second-order valence-corrected chi connectivity index (χ2v) is 8.14. The number of fused-ring (bicyclic) bond motifs is 2. The molecule has 0 radical (unpaired) electrons. The largest absolute Gasteiger partial charge is 0.381 e. The van der Waals surface area contributed by atoms with Crippen molar-refractivity contribution in [3.8, 4) is 0 Å². The number of guanidine groups is 1. The minimum Gasteiger partial charge on any atom is -0.381 e. The number of aliphatic imine (C=N–C) groups is 1. The second-order valence-electron chi connectivity index (χ2n) is 8.14. The van der Waals surface area contributed by atoms with E-state index in [0.29, 0.717) is 12.0 Å². The van der Waals surface area contributed by atoms with Gasteiger partial charge in [0, 0.05) is 50.3 Å². The zero-order chi connectivity index (χ0) is 18.2. The molecule has 6 heteroatoms. The van der Waals surface area contributed by atoms with Gasteiger partial charge in [0.25, 0.3) is 0 Å². The topological polar surface area (TPSA) is 58.1 Å². The molecule has 3 fully saturated rings. The fourth-order valence-corrected chi connectivity index (χ4v) is 4.57. The number of rotatable bonds is 8. The Bertz CT molecular complexity index is 426. The van der Waals surface area contributed by atoms with Gasteiger partial charge < -0.3 is 25.0 Å². The monoisotopic (exact) mass is 366 g/mol. The standard InChI is InChI=1S/C20H38N4O2/c1-3-21-20(22-9-5-10-25-14-16-8-11-26-15-16)23-17-12-18-6-4-7-19(13-17)24(18)2/h16-19H,3-15H2,1-2H3,(H2,21,22,23). The summed E-state index contributed by atoms with van der Waals surface area (Å²) in [6.07, 6.45) is 8.69. The van der Waals surface area contributed by atoms with Gasteiger partial charge in [0.15, 0.2) is 5.96 Å². The van der Waals surface area contributed by atoms with E-state index in [-0.39, 0.29) is 0 Å². The molecular formula is C20H38N4O2. The fraction of sp³-hybridized carbons (Fsp3) is 0.950. The molecule has 0 amide bonds. The third-order valence-corrected chi connectivity index (χ3v) is 6.12. The molecular weight excluding hydrogens is 328 g/mol. The maximum Gasteiger partial charge on any atom is 0.191 e. The zero-order valence-corrected chi connectivity index (χ0v) is 16.7. The van der Waals surface area contributed by atoms with Crippen molar-refractivity contribution < 1.29 is 9.47 Å². The molecule has 2 N–H and O–H groups in total. The molecule has 0 spiro atoms. The SMILES string of the molecule is CCNC(=NCCCOCC1CCOC1)NC1CC2CCCC(C1)N2C. The lowest BCUT2D eigenvalue weighted by atomic mass is 9.82. The van der Waals surface area contributed by atoms with Gasteiger partial charge in [0.05, 0.1) is 13.2 Å². The van der Waals surface area contributed by atoms with E-state index in [1.807, 2.05) is 0 Å². The first-order valence-electron chi connectivity index (χ1n) is 10.7. The van der Waals surface area contributed by atoms with Gasteiger partial charge in [0.2, 0.25) is 0 Å². The predicted octanol–water partition coefficient (Wildman–Crippen LogP) is 2.00. The minimum absolute atomic E-state index is 0.554. The van der Waals surface area contributed by atoms with Crippen LogP contribution in [0.4, 0.5) is 0 Å². The highest BCUT2D eigenvalue weighted by Gasteiger charge is 2.36. The third kappa shape index (κ3) is 5.83. The van der Waals surface area contributed by atoms with Crippen molar-refractivity contribution >= 4 is 5.96 Å². The molecule has 6 nitrogen and oxygen atoms in total. The van der Waals surface area contributed by atoms with Crippen LogP contribution in [-0.2, 0) is 9.47 Å².